The summed E-state index contributed by atoms with van der Waals surface area (Å²) in [5, 5.41) is 11.8. The minimum Gasteiger partial charge on any atom is -0.482 e. The fourth-order valence-corrected chi connectivity index (χ4v) is 3.17. The summed E-state index contributed by atoms with van der Waals surface area (Å²) in [6.07, 6.45) is 0. The third-order valence-corrected chi connectivity index (χ3v) is 4.83. The number of ketones is 1. The minimum absolute atomic E-state index is 0.0507. The van der Waals surface area contributed by atoms with E-state index in [0.717, 1.165) is 0 Å². The Morgan fingerprint density at radius 1 is 1.16 bits per heavy atom. The molecule has 0 bridgehead atoms. The van der Waals surface area contributed by atoms with Crippen molar-refractivity contribution in [1.29, 1.82) is 0 Å². The predicted octanol–water partition coefficient (Wildman–Crippen LogP) is 2.20. The molecule has 1 amide bonds. The van der Waals surface area contributed by atoms with Crippen LogP contribution in [-0.4, -0.2) is 53.4 Å². The van der Waals surface area contributed by atoms with Crippen LogP contribution < -0.4 is 10.5 Å². The number of ether oxygens (including phenoxy) is 2. The highest BCUT2D eigenvalue weighted by molar-refractivity contribution is 6.05. The van der Waals surface area contributed by atoms with Crippen LogP contribution in [0.15, 0.2) is 47.6 Å². The molecule has 9 heteroatoms. The fourth-order valence-electron chi connectivity index (χ4n) is 3.17. The number of hydrogen-bond acceptors (Lipinski definition) is 7. The zero-order valence-electron chi connectivity index (χ0n) is 17.9. The van der Waals surface area contributed by atoms with Gasteiger partial charge in [-0.1, -0.05) is 25.1 Å². The van der Waals surface area contributed by atoms with E-state index in [1.165, 1.54) is 4.90 Å². The number of nitrogens with two attached hydrogens (primary N) is 1. The van der Waals surface area contributed by atoms with Crippen LogP contribution in [0.5, 0.6) is 5.75 Å². The molecule has 0 unspecified atom stereocenters. The molecule has 2 aromatic carbocycles. The topological polar surface area (TPSA) is 132 Å². The van der Waals surface area contributed by atoms with Crippen molar-refractivity contribution in [2.45, 2.75) is 20.4 Å². The molecule has 0 saturated carbocycles. The van der Waals surface area contributed by atoms with Crippen LogP contribution in [0.25, 0.3) is 0 Å². The molecule has 0 fully saturated rings. The molecule has 3 rings (SSSR count). The van der Waals surface area contributed by atoms with Gasteiger partial charge < -0.3 is 25.3 Å². The molecule has 1 aliphatic heterocycles. The van der Waals surface area contributed by atoms with Crippen molar-refractivity contribution in [3.05, 3.63) is 64.7 Å². The Labute approximate surface area is 185 Å². The molecule has 32 heavy (non-hydrogen) atoms. The van der Waals surface area contributed by atoms with Crippen molar-refractivity contribution in [1.82, 2.24) is 4.90 Å². The van der Waals surface area contributed by atoms with Crippen molar-refractivity contribution >= 4 is 23.5 Å². The number of Topliss-reactive ketones (excluding diaryl/α,β-unsaturated/α-hetero) is 1. The van der Waals surface area contributed by atoms with Gasteiger partial charge in [-0.3, -0.25) is 9.59 Å². The summed E-state index contributed by atoms with van der Waals surface area (Å²) in [5.41, 5.74) is 7.71. The number of amidine groups is 1. The number of amides is 1. The third kappa shape index (κ3) is 5.42. The van der Waals surface area contributed by atoms with Gasteiger partial charge in [-0.2, -0.15) is 0 Å². The van der Waals surface area contributed by atoms with Crippen molar-refractivity contribution in [3.63, 3.8) is 0 Å². The zero-order valence-corrected chi connectivity index (χ0v) is 17.9. The van der Waals surface area contributed by atoms with E-state index in [9.17, 15) is 14.4 Å². The number of hydrogen-bond donors (Lipinski definition) is 2. The molecule has 0 aromatic heterocycles. The van der Waals surface area contributed by atoms with E-state index in [2.05, 4.69) is 5.16 Å². The summed E-state index contributed by atoms with van der Waals surface area (Å²) in [4.78, 5) is 38.3. The second-order valence-corrected chi connectivity index (χ2v) is 7.83. The van der Waals surface area contributed by atoms with E-state index in [4.69, 9.17) is 20.4 Å². The molecule has 168 valence electrons. The summed E-state index contributed by atoms with van der Waals surface area (Å²) in [5.74, 6) is -0.311. The molecule has 0 saturated heterocycles. The maximum atomic E-state index is 12.7. The lowest BCUT2D eigenvalue weighted by Crippen LogP contribution is -2.30. The van der Waals surface area contributed by atoms with Gasteiger partial charge in [-0.15, -0.1) is 0 Å². The van der Waals surface area contributed by atoms with Gasteiger partial charge in [0.2, 0.25) is 0 Å². The first kappa shape index (κ1) is 22.8. The molecule has 0 atom stereocenters. The molecule has 0 spiro atoms. The molecule has 0 radical (unpaired) electrons. The molecular formula is C23H25N3O6. The number of esters is 1. The fraction of sp³-hybridized carbons (Fsp3) is 0.304. The molecule has 9 nitrogen and oxygen atoms in total. The number of oxime groups is 1. The highest BCUT2D eigenvalue weighted by Crippen LogP contribution is 2.24. The van der Waals surface area contributed by atoms with Gasteiger partial charge in [-0.25, -0.2) is 4.79 Å². The molecule has 0 aliphatic carbocycles. The SMILES string of the molecule is CC(C)COC(=O)COc1ccc(C(=O)CN2Cc3cc(/C(N)=N\O)ccc3C2=O)cc1. The molecule has 2 aromatic rings. The van der Waals surface area contributed by atoms with Crippen molar-refractivity contribution < 1.29 is 29.1 Å². The number of carbonyl (C=O) groups is 3. The number of rotatable bonds is 9. The summed E-state index contributed by atoms with van der Waals surface area (Å²) in [6.45, 7) is 4.17. The summed E-state index contributed by atoms with van der Waals surface area (Å²) in [6, 6.07) is 11.2. The van der Waals surface area contributed by atoms with Gasteiger partial charge >= 0.3 is 5.97 Å². The van der Waals surface area contributed by atoms with Crippen LogP contribution >= 0.6 is 0 Å². The monoisotopic (exact) mass is 439 g/mol. The summed E-state index contributed by atoms with van der Waals surface area (Å²) in [7, 11) is 0. The van der Waals surface area contributed by atoms with Gasteiger partial charge in [0.15, 0.2) is 18.2 Å². The van der Waals surface area contributed by atoms with Crippen LogP contribution in [0.2, 0.25) is 0 Å². The Kier molecular flexibility index (Phi) is 7.09. The molecule has 1 heterocycles. The lowest BCUT2D eigenvalue weighted by Gasteiger charge is -2.14. The maximum Gasteiger partial charge on any atom is 0.344 e. The van der Waals surface area contributed by atoms with Crippen molar-refractivity contribution in [2.24, 2.45) is 16.8 Å². The first-order valence-corrected chi connectivity index (χ1v) is 10.1. The second kappa shape index (κ2) is 9.95. The van der Waals surface area contributed by atoms with E-state index < -0.39 is 5.97 Å². The average molecular weight is 439 g/mol. The Morgan fingerprint density at radius 3 is 2.50 bits per heavy atom. The van der Waals surface area contributed by atoms with E-state index in [1.807, 2.05) is 13.8 Å². The molecule has 1 aliphatic rings. The minimum atomic E-state index is -0.457. The van der Waals surface area contributed by atoms with E-state index in [0.29, 0.717) is 34.6 Å². The van der Waals surface area contributed by atoms with Gasteiger partial charge in [0, 0.05) is 23.2 Å². The van der Waals surface area contributed by atoms with Crippen LogP contribution in [0, 0.1) is 5.92 Å². The van der Waals surface area contributed by atoms with Gasteiger partial charge in [0.05, 0.1) is 13.2 Å². The Bertz CT molecular complexity index is 1050. The normalized spacial score (nSPS) is 13.3. The highest BCUT2D eigenvalue weighted by Gasteiger charge is 2.29. The van der Waals surface area contributed by atoms with Crippen LogP contribution in [0.3, 0.4) is 0 Å². The number of fused-ring (bicyclic) bond motifs is 1. The Hall–Kier alpha value is -3.88. The van der Waals surface area contributed by atoms with Crippen molar-refractivity contribution in [2.75, 3.05) is 19.8 Å². The van der Waals surface area contributed by atoms with Gasteiger partial charge in [0.25, 0.3) is 5.91 Å². The number of benzene rings is 2. The third-order valence-electron chi connectivity index (χ3n) is 4.83. The number of carbonyl (C=O) groups excluding carboxylic acids is 3. The van der Waals surface area contributed by atoms with Crippen molar-refractivity contribution in [3.8, 4) is 5.75 Å². The Morgan fingerprint density at radius 2 is 1.84 bits per heavy atom. The lowest BCUT2D eigenvalue weighted by atomic mass is 10.1. The number of nitrogens with zero attached hydrogens (tertiary/aromatic N) is 2. The van der Waals surface area contributed by atoms with E-state index in [1.54, 1.807) is 42.5 Å². The first-order valence-electron chi connectivity index (χ1n) is 10.1. The smallest absolute Gasteiger partial charge is 0.344 e. The average Bonchev–Trinajstić information content (AvgIpc) is 3.10. The zero-order chi connectivity index (χ0) is 23.3. The van der Waals surface area contributed by atoms with E-state index in [-0.39, 0.29) is 43.1 Å². The predicted molar refractivity (Wildman–Crippen MR) is 116 cm³/mol. The largest absolute Gasteiger partial charge is 0.482 e. The van der Waals surface area contributed by atoms with Gasteiger partial charge in [0.1, 0.15) is 5.75 Å². The first-order chi connectivity index (χ1) is 15.3. The highest BCUT2D eigenvalue weighted by atomic mass is 16.6. The summed E-state index contributed by atoms with van der Waals surface area (Å²) >= 11 is 0. The standard InChI is InChI=1S/C23H25N3O6/c1-14(2)12-32-21(28)13-31-18-6-3-15(4-7-18)20(27)11-26-10-17-9-16(22(24)25-30)5-8-19(17)23(26)29/h3-9,14,30H,10-13H2,1-2H3,(H2,24,25). The second-order valence-electron chi connectivity index (χ2n) is 7.83. The Balaban J connectivity index is 1.56. The summed E-state index contributed by atoms with van der Waals surface area (Å²) < 4.78 is 10.4. The van der Waals surface area contributed by atoms with Crippen LogP contribution in [-0.2, 0) is 16.1 Å². The molecule has 3 N–H and O–H groups in total. The van der Waals surface area contributed by atoms with Crippen LogP contribution in [0.1, 0.15) is 45.7 Å². The van der Waals surface area contributed by atoms with Gasteiger partial charge in [-0.05, 0) is 47.9 Å². The maximum absolute atomic E-state index is 12.7. The molecular weight excluding hydrogens is 414 g/mol. The quantitative estimate of drug-likeness (QED) is 0.153. The van der Waals surface area contributed by atoms with E-state index >= 15 is 0 Å². The van der Waals surface area contributed by atoms with Crippen LogP contribution in [0.4, 0.5) is 0 Å². The lowest BCUT2D eigenvalue weighted by molar-refractivity contribution is -0.147.